The van der Waals surface area contributed by atoms with Crippen LogP contribution >= 0.6 is 11.3 Å². The Bertz CT molecular complexity index is 744. The Balaban J connectivity index is 1.42. The highest BCUT2D eigenvalue weighted by Crippen LogP contribution is 2.11. The number of H-pyrrole nitrogens is 1. The van der Waals surface area contributed by atoms with Crippen molar-refractivity contribution in [2.75, 3.05) is 6.54 Å². The van der Waals surface area contributed by atoms with Crippen LogP contribution in [0.5, 0.6) is 0 Å². The summed E-state index contributed by atoms with van der Waals surface area (Å²) in [6.07, 6.45) is 2.04. The van der Waals surface area contributed by atoms with E-state index in [2.05, 4.69) is 20.3 Å². The fraction of sp³-hybridized carbons (Fsp3) is 0.312. The smallest absolute Gasteiger partial charge is 0.226 e. The maximum atomic E-state index is 11.8. The zero-order valence-corrected chi connectivity index (χ0v) is 13.2. The quantitative estimate of drug-likeness (QED) is 0.687. The van der Waals surface area contributed by atoms with Crippen LogP contribution in [0.1, 0.15) is 22.9 Å². The molecule has 2 heterocycles. The monoisotopic (exact) mass is 314 g/mol. The zero-order chi connectivity index (χ0) is 15.4. The summed E-state index contributed by atoms with van der Waals surface area (Å²) >= 11 is 1.57. The Kier molecular flexibility index (Phi) is 4.48. The lowest BCUT2D eigenvalue weighted by molar-refractivity contribution is -0.120. The van der Waals surface area contributed by atoms with Crippen molar-refractivity contribution in [3.8, 4) is 0 Å². The molecular weight excluding hydrogens is 296 g/mol. The lowest BCUT2D eigenvalue weighted by atomic mass is 10.3. The van der Waals surface area contributed by atoms with Gasteiger partial charge in [0.2, 0.25) is 5.91 Å². The summed E-state index contributed by atoms with van der Waals surface area (Å²) in [5.74, 6) is 0.987. The van der Waals surface area contributed by atoms with Gasteiger partial charge in [-0.3, -0.25) is 4.79 Å². The number of thiazole rings is 1. The number of rotatable bonds is 6. The third kappa shape index (κ3) is 3.71. The van der Waals surface area contributed by atoms with Crippen LogP contribution in [0.15, 0.2) is 29.6 Å². The number of hydrogen-bond donors (Lipinski definition) is 2. The van der Waals surface area contributed by atoms with Gasteiger partial charge in [-0.1, -0.05) is 12.1 Å². The van der Waals surface area contributed by atoms with Gasteiger partial charge < -0.3 is 10.3 Å². The third-order valence-electron chi connectivity index (χ3n) is 3.36. The topological polar surface area (TPSA) is 70.7 Å². The molecule has 0 radical (unpaired) electrons. The van der Waals surface area contributed by atoms with E-state index in [1.165, 1.54) is 0 Å². The van der Waals surface area contributed by atoms with E-state index in [-0.39, 0.29) is 5.91 Å². The van der Waals surface area contributed by atoms with Crippen molar-refractivity contribution < 1.29 is 4.79 Å². The molecule has 3 rings (SSSR count). The minimum Gasteiger partial charge on any atom is -0.356 e. The summed E-state index contributed by atoms with van der Waals surface area (Å²) in [7, 11) is 0. The molecular formula is C16H18N4OS. The van der Waals surface area contributed by atoms with Crippen molar-refractivity contribution in [1.82, 2.24) is 20.3 Å². The summed E-state index contributed by atoms with van der Waals surface area (Å²) in [5.41, 5.74) is 2.89. The van der Waals surface area contributed by atoms with Gasteiger partial charge in [-0.05, 0) is 25.5 Å². The zero-order valence-electron chi connectivity index (χ0n) is 12.4. The molecule has 1 amide bonds. The number of imidazole rings is 1. The van der Waals surface area contributed by atoms with E-state index in [0.717, 1.165) is 40.4 Å². The lowest BCUT2D eigenvalue weighted by Crippen LogP contribution is -2.26. The summed E-state index contributed by atoms with van der Waals surface area (Å²) in [4.78, 5) is 23.9. The highest BCUT2D eigenvalue weighted by atomic mass is 32.1. The van der Waals surface area contributed by atoms with Gasteiger partial charge in [0, 0.05) is 18.3 Å². The number of fused-ring (bicyclic) bond motifs is 1. The lowest BCUT2D eigenvalue weighted by Gasteiger charge is -2.02. The number of carbonyl (C=O) groups excluding carboxylic acids is 1. The molecule has 0 aliphatic heterocycles. The van der Waals surface area contributed by atoms with E-state index in [1.807, 2.05) is 36.6 Å². The van der Waals surface area contributed by atoms with E-state index < -0.39 is 0 Å². The SMILES string of the molecule is Cc1nc(CC(=O)NCCCc2nc3ccccc3[nH]2)cs1. The maximum absolute atomic E-state index is 11.8. The van der Waals surface area contributed by atoms with E-state index in [1.54, 1.807) is 11.3 Å². The van der Waals surface area contributed by atoms with Crippen molar-refractivity contribution >= 4 is 28.3 Å². The maximum Gasteiger partial charge on any atom is 0.226 e. The van der Waals surface area contributed by atoms with Gasteiger partial charge in [-0.25, -0.2) is 9.97 Å². The summed E-state index contributed by atoms with van der Waals surface area (Å²) < 4.78 is 0. The first-order chi connectivity index (χ1) is 10.7. The summed E-state index contributed by atoms with van der Waals surface area (Å²) in [5, 5.41) is 5.86. The molecule has 1 aromatic carbocycles. The molecule has 0 aliphatic rings. The molecule has 0 bridgehead atoms. The van der Waals surface area contributed by atoms with Gasteiger partial charge >= 0.3 is 0 Å². The number of carbonyl (C=O) groups is 1. The molecule has 0 saturated heterocycles. The van der Waals surface area contributed by atoms with Crippen LogP contribution in [-0.4, -0.2) is 27.4 Å². The van der Waals surface area contributed by atoms with E-state index in [0.29, 0.717) is 13.0 Å². The molecule has 2 N–H and O–H groups in total. The highest BCUT2D eigenvalue weighted by Gasteiger charge is 2.06. The first kappa shape index (κ1) is 14.7. The third-order valence-corrected chi connectivity index (χ3v) is 4.18. The number of aryl methyl sites for hydroxylation is 2. The summed E-state index contributed by atoms with van der Waals surface area (Å²) in [6.45, 7) is 2.60. The predicted octanol–water partition coefficient (Wildman–Crippen LogP) is 2.62. The highest BCUT2D eigenvalue weighted by molar-refractivity contribution is 7.09. The second-order valence-electron chi connectivity index (χ2n) is 5.19. The molecule has 3 aromatic rings. The average molecular weight is 314 g/mol. The molecule has 0 fully saturated rings. The molecule has 0 saturated carbocycles. The average Bonchev–Trinajstić information content (AvgIpc) is 3.09. The van der Waals surface area contributed by atoms with Gasteiger partial charge in [0.1, 0.15) is 5.82 Å². The van der Waals surface area contributed by atoms with Crippen LogP contribution in [0.25, 0.3) is 11.0 Å². The van der Waals surface area contributed by atoms with E-state index in [4.69, 9.17) is 0 Å². The Morgan fingerprint density at radius 1 is 1.32 bits per heavy atom. The minimum absolute atomic E-state index is 0.0231. The number of para-hydroxylation sites is 2. The molecule has 0 atom stereocenters. The fourth-order valence-electron chi connectivity index (χ4n) is 2.32. The predicted molar refractivity (Wildman–Crippen MR) is 88.0 cm³/mol. The number of nitrogens with zero attached hydrogens (tertiary/aromatic N) is 2. The van der Waals surface area contributed by atoms with Crippen LogP contribution in [0.4, 0.5) is 0 Å². The molecule has 0 spiro atoms. The Morgan fingerprint density at radius 2 is 2.18 bits per heavy atom. The molecule has 22 heavy (non-hydrogen) atoms. The van der Waals surface area contributed by atoms with E-state index in [9.17, 15) is 4.79 Å². The number of aromatic amines is 1. The molecule has 0 aliphatic carbocycles. The van der Waals surface area contributed by atoms with Crippen molar-refractivity contribution in [1.29, 1.82) is 0 Å². The standard InChI is InChI=1S/C16H18N4OS/c1-11-18-12(10-22-11)9-16(21)17-8-4-7-15-19-13-5-2-3-6-14(13)20-15/h2-3,5-6,10H,4,7-9H2,1H3,(H,17,21)(H,19,20). The Morgan fingerprint density at radius 3 is 2.95 bits per heavy atom. The van der Waals surface area contributed by atoms with Gasteiger partial charge in [0.25, 0.3) is 0 Å². The van der Waals surface area contributed by atoms with Crippen molar-refractivity contribution in [2.24, 2.45) is 0 Å². The summed E-state index contributed by atoms with van der Waals surface area (Å²) in [6, 6.07) is 7.98. The van der Waals surface area contributed by atoms with Gasteiger partial charge in [0.15, 0.2) is 0 Å². The number of aromatic nitrogens is 3. The molecule has 6 heteroatoms. The van der Waals surface area contributed by atoms with Gasteiger partial charge in [-0.2, -0.15) is 0 Å². The first-order valence-electron chi connectivity index (χ1n) is 7.32. The fourth-order valence-corrected chi connectivity index (χ4v) is 2.94. The van der Waals surface area contributed by atoms with Crippen LogP contribution in [0.3, 0.4) is 0 Å². The minimum atomic E-state index is 0.0231. The number of benzene rings is 1. The van der Waals surface area contributed by atoms with Crippen molar-refractivity contribution in [3.05, 3.63) is 46.2 Å². The largest absolute Gasteiger partial charge is 0.356 e. The Labute approximate surface area is 132 Å². The molecule has 5 nitrogen and oxygen atoms in total. The second-order valence-corrected chi connectivity index (χ2v) is 6.25. The number of amides is 1. The van der Waals surface area contributed by atoms with Crippen LogP contribution in [-0.2, 0) is 17.6 Å². The first-order valence-corrected chi connectivity index (χ1v) is 8.20. The molecule has 0 unspecified atom stereocenters. The molecule has 114 valence electrons. The number of hydrogen-bond acceptors (Lipinski definition) is 4. The van der Waals surface area contributed by atoms with Gasteiger partial charge in [0.05, 0.1) is 28.2 Å². The van der Waals surface area contributed by atoms with E-state index >= 15 is 0 Å². The molecule has 2 aromatic heterocycles. The van der Waals surface area contributed by atoms with Gasteiger partial charge in [-0.15, -0.1) is 11.3 Å². The van der Waals surface area contributed by atoms with Crippen LogP contribution in [0.2, 0.25) is 0 Å². The van der Waals surface area contributed by atoms with Crippen molar-refractivity contribution in [2.45, 2.75) is 26.2 Å². The van der Waals surface area contributed by atoms with Crippen LogP contribution < -0.4 is 5.32 Å². The normalized spacial score (nSPS) is 11.0. The number of nitrogens with one attached hydrogen (secondary N) is 2. The van der Waals surface area contributed by atoms with Crippen molar-refractivity contribution in [3.63, 3.8) is 0 Å². The second kappa shape index (κ2) is 6.70. The van der Waals surface area contributed by atoms with Crippen LogP contribution in [0, 0.1) is 6.92 Å². The Hall–Kier alpha value is -2.21.